The number of hydrogen-bond donors (Lipinski definition) is 2. The summed E-state index contributed by atoms with van der Waals surface area (Å²) < 4.78 is 14.2. The Morgan fingerprint density at radius 3 is 2.76 bits per heavy atom. The topological polar surface area (TPSA) is 69.6 Å². The number of likely N-dealkylation sites (tertiary alicyclic amines) is 1. The van der Waals surface area contributed by atoms with Gasteiger partial charge in [0, 0.05) is 17.6 Å². The van der Waals surface area contributed by atoms with E-state index in [1.807, 2.05) is 6.92 Å². The number of nitrogens with zero attached hydrogens (tertiary/aromatic N) is 1. The van der Waals surface area contributed by atoms with E-state index < -0.39 is 17.7 Å². The Balaban J connectivity index is 1.92. The Kier molecular flexibility index (Phi) is 4.95. The Labute approximate surface area is 130 Å². The van der Waals surface area contributed by atoms with Crippen molar-refractivity contribution in [3.63, 3.8) is 0 Å². The van der Waals surface area contributed by atoms with Crippen molar-refractivity contribution in [2.45, 2.75) is 6.92 Å². The number of nitrogens with one attached hydrogen (secondary N) is 1. The number of carbonyl (C=O) groups excluding carboxylic acids is 1. The molecule has 2 N–H and O–H groups in total. The number of aliphatic carboxylic acids is 1. The minimum atomic E-state index is -0.843. The van der Waals surface area contributed by atoms with Crippen LogP contribution in [0.25, 0.3) is 0 Å². The second-order valence-electron chi connectivity index (χ2n) is 5.29. The first kappa shape index (κ1) is 15.9. The van der Waals surface area contributed by atoms with Gasteiger partial charge in [0.05, 0.1) is 18.2 Å². The Morgan fingerprint density at radius 2 is 2.19 bits per heavy atom. The summed E-state index contributed by atoms with van der Waals surface area (Å²) in [6.45, 7) is 2.80. The summed E-state index contributed by atoms with van der Waals surface area (Å²) in [7, 11) is 0. The van der Waals surface area contributed by atoms with Crippen LogP contribution < -0.4 is 5.32 Å². The van der Waals surface area contributed by atoms with E-state index in [4.69, 9.17) is 5.11 Å². The third kappa shape index (κ3) is 4.01. The van der Waals surface area contributed by atoms with Crippen LogP contribution in [0.4, 0.5) is 10.1 Å². The van der Waals surface area contributed by atoms with Crippen molar-refractivity contribution in [2.24, 2.45) is 11.8 Å². The van der Waals surface area contributed by atoms with Crippen LogP contribution in [0, 0.1) is 17.7 Å². The van der Waals surface area contributed by atoms with Gasteiger partial charge in [-0.3, -0.25) is 14.5 Å². The minimum Gasteiger partial charge on any atom is -0.481 e. The average Bonchev–Trinajstić information content (AvgIpc) is 2.74. The molecule has 0 spiro atoms. The third-order valence-corrected chi connectivity index (χ3v) is 4.07. The summed E-state index contributed by atoms with van der Waals surface area (Å²) in [5.41, 5.74) is 0.116. The first-order valence-electron chi connectivity index (χ1n) is 6.57. The first-order valence-corrected chi connectivity index (χ1v) is 7.36. The average molecular weight is 359 g/mol. The minimum absolute atomic E-state index is 0.000262. The molecule has 21 heavy (non-hydrogen) atoms. The molecule has 0 unspecified atom stereocenters. The zero-order chi connectivity index (χ0) is 15.6. The zero-order valence-corrected chi connectivity index (χ0v) is 13.1. The molecule has 7 heteroatoms. The summed E-state index contributed by atoms with van der Waals surface area (Å²) in [6, 6.07) is 4.38. The fourth-order valence-electron chi connectivity index (χ4n) is 2.50. The van der Waals surface area contributed by atoms with Gasteiger partial charge in [0.2, 0.25) is 5.91 Å². The van der Waals surface area contributed by atoms with E-state index in [1.165, 1.54) is 12.1 Å². The number of anilines is 1. The molecule has 2 rings (SSSR count). The van der Waals surface area contributed by atoms with E-state index in [2.05, 4.69) is 21.2 Å². The molecule has 1 fully saturated rings. The molecule has 0 saturated carbocycles. The van der Waals surface area contributed by atoms with Gasteiger partial charge in [-0.1, -0.05) is 22.9 Å². The largest absolute Gasteiger partial charge is 0.481 e. The van der Waals surface area contributed by atoms with Crippen LogP contribution in [0.2, 0.25) is 0 Å². The molecule has 0 aromatic heterocycles. The van der Waals surface area contributed by atoms with Crippen LogP contribution in [0.1, 0.15) is 6.92 Å². The Bertz CT molecular complexity index is 567. The van der Waals surface area contributed by atoms with Crippen LogP contribution >= 0.6 is 15.9 Å². The molecule has 1 aromatic carbocycles. The van der Waals surface area contributed by atoms with Gasteiger partial charge >= 0.3 is 5.97 Å². The highest BCUT2D eigenvalue weighted by Crippen LogP contribution is 2.23. The highest BCUT2D eigenvalue weighted by molar-refractivity contribution is 9.10. The highest BCUT2D eigenvalue weighted by Gasteiger charge is 2.35. The van der Waals surface area contributed by atoms with Crippen molar-refractivity contribution < 1.29 is 19.1 Å². The quantitative estimate of drug-likeness (QED) is 0.865. The maximum absolute atomic E-state index is 13.6. The maximum atomic E-state index is 13.6. The summed E-state index contributed by atoms with van der Waals surface area (Å²) in [5, 5.41) is 11.6. The van der Waals surface area contributed by atoms with Crippen molar-refractivity contribution in [1.29, 1.82) is 0 Å². The van der Waals surface area contributed by atoms with Gasteiger partial charge in [-0.05, 0) is 24.1 Å². The second-order valence-corrected chi connectivity index (χ2v) is 6.20. The SMILES string of the molecule is C[C@@H]1CN(CC(=O)Nc2ccc(Br)cc2F)C[C@H]1C(=O)O. The normalized spacial score (nSPS) is 22.2. The molecule has 1 saturated heterocycles. The van der Waals surface area contributed by atoms with Gasteiger partial charge in [-0.2, -0.15) is 0 Å². The van der Waals surface area contributed by atoms with Gasteiger partial charge in [0.15, 0.2) is 0 Å². The molecule has 0 bridgehead atoms. The number of carboxylic acids is 1. The van der Waals surface area contributed by atoms with Crippen molar-refractivity contribution in [3.8, 4) is 0 Å². The van der Waals surface area contributed by atoms with Gasteiger partial charge in [0.25, 0.3) is 0 Å². The number of carboxylic acid groups (broad SMARTS) is 1. The molecule has 1 aromatic rings. The molecule has 5 nitrogen and oxygen atoms in total. The predicted octanol–water partition coefficient (Wildman–Crippen LogP) is 2.18. The molecule has 0 aliphatic carbocycles. The Hall–Kier alpha value is -1.47. The molecule has 1 aliphatic heterocycles. The summed E-state index contributed by atoms with van der Waals surface area (Å²) in [4.78, 5) is 24.7. The van der Waals surface area contributed by atoms with E-state index in [1.54, 1.807) is 11.0 Å². The lowest BCUT2D eigenvalue weighted by Gasteiger charge is -2.15. The van der Waals surface area contributed by atoms with E-state index in [0.717, 1.165) is 0 Å². The van der Waals surface area contributed by atoms with Gasteiger partial charge in [-0.15, -0.1) is 0 Å². The molecule has 2 atom stereocenters. The Morgan fingerprint density at radius 1 is 1.48 bits per heavy atom. The van der Waals surface area contributed by atoms with E-state index >= 15 is 0 Å². The lowest BCUT2D eigenvalue weighted by molar-refractivity contribution is -0.142. The molecule has 114 valence electrons. The summed E-state index contributed by atoms with van der Waals surface area (Å²) in [6.07, 6.45) is 0. The predicted molar refractivity (Wildman–Crippen MR) is 79.5 cm³/mol. The first-order chi connectivity index (χ1) is 9.86. The van der Waals surface area contributed by atoms with Crippen LogP contribution in [0.15, 0.2) is 22.7 Å². The highest BCUT2D eigenvalue weighted by atomic mass is 79.9. The van der Waals surface area contributed by atoms with Crippen LogP contribution in [-0.2, 0) is 9.59 Å². The standard InChI is InChI=1S/C14H16BrFN2O3/c1-8-5-18(6-10(8)14(20)21)7-13(19)17-12-3-2-9(15)4-11(12)16/h2-4,8,10H,5-7H2,1H3,(H,17,19)(H,20,21)/t8-,10-/m1/s1. The monoisotopic (exact) mass is 358 g/mol. The molecule has 1 aliphatic rings. The van der Waals surface area contributed by atoms with Crippen LogP contribution in [0.3, 0.4) is 0 Å². The molecular weight excluding hydrogens is 343 g/mol. The maximum Gasteiger partial charge on any atom is 0.308 e. The van der Waals surface area contributed by atoms with E-state index in [-0.39, 0.29) is 24.1 Å². The van der Waals surface area contributed by atoms with Gasteiger partial charge in [0.1, 0.15) is 5.82 Å². The lowest BCUT2D eigenvalue weighted by Crippen LogP contribution is -2.32. The number of rotatable bonds is 4. The molecular formula is C14H16BrFN2O3. The van der Waals surface area contributed by atoms with Gasteiger partial charge in [-0.25, -0.2) is 4.39 Å². The van der Waals surface area contributed by atoms with Crippen LogP contribution in [0.5, 0.6) is 0 Å². The van der Waals surface area contributed by atoms with Gasteiger partial charge < -0.3 is 10.4 Å². The molecule has 1 heterocycles. The number of amides is 1. The van der Waals surface area contributed by atoms with Crippen molar-refractivity contribution in [1.82, 2.24) is 4.90 Å². The number of halogens is 2. The lowest BCUT2D eigenvalue weighted by atomic mass is 9.99. The van der Waals surface area contributed by atoms with Crippen molar-refractivity contribution >= 4 is 33.5 Å². The fourth-order valence-corrected chi connectivity index (χ4v) is 2.83. The van der Waals surface area contributed by atoms with E-state index in [0.29, 0.717) is 17.6 Å². The van der Waals surface area contributed by atoms with E-state index in [9.17, 15) is 14.0 Å². The smallest absolute Gasteiger partial charge is 0.308 e. The fraction of sp³-hybridized carbons (Fsp3) is 0.429. The van der Waals surface area contributed by atoms with Crippen molar-refractivity contribution in [3.05, 3.63) is 28.5 Å². The molecule has 1 amide bonds. The number of carbonyl (C=O) groups is 2. The van der Waals surface area contributed by atoms with Crippen molar-refractivity contribution in [2.75, 3.05) is 25.0 Å². The zero-order valence-electron chi connectivity index (χ0n) is 11.5. The number of hydrogen-bond acceptors (Lipinski definition) is 3. The summed E-state index contributed by atoms with van der Waals surface area (Å²) in [5.74, 6) is -2.17. The van der Waals surface area contributed by atoms with Crippen LogP contribution in [-0.4, -0.2) is 41.5 Å². The summed E-state index contributed by atoms with van der Waals surface area (Å²) >= 11 is 3.14. The number of benzene rings is 1. The second kappa shape index (κ2) is 6.53. The third-order valence-electron chi connectivity index (χ3n) is 3.58. The molecule has 0 radical (unpaired) electrons.